The molecular formula is C18H17F2N5OS2. The van der Waals surface area contributed by atoms with Gasteiger partial charge in [0, 0.05) is 26.1 Å². The minimum atomic E-state index is -1.02. The van der Waals surface area contributed by atoms with Gasteiger partial charge < -0.3 is 10.6 Å². The molecule has 0 aromatic carbocycles. The lowest BCUT2D eigenvalue weighted by Gasteiger charge is -2.49. The number of anilines is 1. The normalized spacial score (nSPS) is 21.4. The largest absolute Gasteiger partial charge is 0.365 e. The molecule has 1 saturated carbocycles. The third-order valence-electron chi connectivity index (χ3n) is 5.02. The van der Waals surface area contributed by atoms with Crippen LogP contribution in [0.3, 0.4) is 0 Å². The summed E-state index contributed by atoms with van der Waals surface area (Å²) in [6.45, 7) is 1.87. The Morgan fingerprint density at radius 3 is 2.71 bits per heavy atom. The van der Waals surface area contributed by atoms with Crippen molar-refractivity contribution in [1.82, 2.24) is 15.2 Å². The number of amides is 1. The molecule has 1 fully saturated rings. The summed E-state index contributed by atoms with van der Waals surface area (Å²) in [5.41, 5.74) is 5.55. The number of carbonyl (C=O) groups excluding carboxylic acids is 1. The third-order valence-corrected chi connectivity index (χ3v) is 7.42. The predicted octanol–water partition coefficient (Wildman–Crippen LogP) is 3.67. The highest BCUT2D eigenvalue weighted by Gasteiger charge is 2.52. The van der Waals surface area contributed by atoms with Crippen LogP contribution < -0.4 is 10.6 Å². The summed E-state index contributed by atoms with van der Waals surface area (Å²) in [5.74, 6) is -0.958. The van der Waals surface area contributed by atoms with Gasteiger partial charge in [-0.05, 0) is 30.7 Å². The first kappa shape index (κ1) is 18.9. The smallest absolute Gasteiger partial charge is 0.258 e. The van der Waals surface area contributed by atoms with E-state index in [1.54, 1.807) is 18.0 Å². The molecule has 0 saturated heterocycles. The Kier molecular flexibility index (Phi) is 4.62. The molecule has 28 heavy (non-hydrogen) atoms. The number of aryl methyl sites for hydroxylation is 1. The highest BCUT2D eigenvalue weighted by molar-refractivity contribution is 7.24. The van der Waals surface area contributed by atoms with Gasteiger partial charge in [-0.1, -0.05) is 11.3 Å². The Bertz CT molecular complexity index is 1040. The topological polar surface area (TPSA) is 85.0 Å². The highest BCUT2D eigenvalue weighted by Crippen LogP contribution is 2.50. The second-order valence-electron chi connectivity index (χ2n) is 6.81. The summed E-state index contributed by atoms with van der Waals surface area (Å²) in [7, 11) is 1.75. The van der Waals surface area contributed by atoms with Crippen LogP contribution in [-0.4, -0.2) is 34.3 Å². The van der Waals surface area contributed by atoms with Gasteiger partial charge in [-0.2, -0.15) is 0 Å². The van der Waals surface area contributed by atoms with Crippen LogP contribution in [0.5, 0.6) is 0 Å². The molecule has 2 N–H and O–H groups in total. The Labute approximate surface area is 168 Å². The number of hydrogen-bond acceptors (Lipinski definition) is 7. The number of alkyl halides is 1. The molecule has 1 aliphatic rings. The molecular weight excluding hydrogens is 404 g/mol. The summed E-state index contributed by atoms with van der Waals surface area (Å²) < 4.78 is 28.3. The van der Waals surface area contributed by atoms with Crippen LogP contribution in [0.4, 0.5) is 13.9 Å². The fourth-order valence-electron chi connectivity index (χ4n) is 3.47. The van der Waals surface area contributed by atoms with Crippen molar-refractivity contribution in [2.45, 2.75) is 31.5 Å². The molecule has 1 aliphatic carbocycles. The number of aromatic nitrogens is 3. The minimum absolute atomic E-state index is 0.135. The molecule has 3 aromatic rings. The lowest BCUT2D eigenvalue weighted by atomic mass is 9.71. The van der Waals surface area contributed by atoms with Crippen LogP contribution >= 0.6 is 22.7 Å². The number of halogens is 2. The first-order valence-corrected chi connectivity index (χ1v) is 10.2. The van der Waals surface area contributed by atoms with E-state index < -0.39 is 23.4 Å². The zero-order chi connectivity index (χ0) is 20.1. The van der Waals surface area contributed by atoms with Crippen molar-refractivity contribution in [3.63, 3.8) is 0 Å². The van der Waals surface area contributed by atoms with Crippen LogP contribution in [0.15, 0.2) is 24.4 Å². The molecule has 10 heteroatoms. The number of nitrogens with two attached hydrogens (primary N) is 1. The molecule has 0 unspecified atom stereocenters. The number of primary amides is 1. The maximum Gasteiger partial charge on any atom is 0.258 e. The van der Waals surface area contributed by atoms with Gasteiger partial charge in [-0.15, -0.1) is 21.5 Å². The van der Waals surface area contributed by atoms with Gasteiger partial charge in [0.05, 0.1) is 15.3 Å². The van der Waals surface area contributed by atoms with E-state index in [2.05, 4.69) is 15.2 Å². The average Bonchev–Trinajstić information content (AvgIpc) is 3.25. The van der Waals surface area contributed by atoms with E-state index in [0.717, 1.165) is 10.4 Å². The fraction of sp³-hybridized carbons (Fsp3) is 0.333. The van der Waals surface area contributed by atoms with Crippen molar-refractivity contribution in [2.75, 3.05) is 11.9 Å². The Morgan fingerprint density at radius 2 is 2.11 bits per heavy atom. The van der Waals surface area contributed by atoms with E-state index in [0.29, 0.717) is 15.0 Å². The van der Waals surface area contributed by atoms with Gasteiger partial charge in [-0.25, -0.2) is 8.78 Å². The van der Waals surface area contributed by atoms with Crippen molar-refractivity contribution in [1.29, 1.82) is 0 Å². The Morgan fingerprint density at radius 1 is 1.36 bits per heavy atom. The number of hydrogen-bond donors (Lipinski definition) is 1. The average molecular weight is 421 g/mol. The third kappa shape index (κ3) is 2.96. The lowest BCUT2D eigenvalue weighted by Crippen LogP contribution is -2.55. The summed E-state index contributed by atoms with van der Waals surface area (Å²) in [5, 5.41) is 9.61. The summed E-state index contributed by atoms with van der Waals surface area (Å²) >= 11 is 2.56. The molecule has 0 aliphatic heterocycles. The zero-order valence-corrected chi connectivity index (χ0v) is 16.8. The highest BCUT2D eigenvalue weighted by atomic mass is 32.1. The summed E-state index contributed by atoms with van der Waals surface area (Å²) in [6.07, 6.45) is 0.756. The molecule has 0 atom stereocenters. The van der Waals surface area contributed by atoms with Crippen molar-refractivity contribution >= 4 is 33.7 Å². The maximum absolute atomic E-state index is 14.4. The van der Waals surface area contributed by atoms with Crippen molar-refractivity contribution in [3.8, 4) is 9.88 Å². The molecule has 3 heterocycles. The lowest BCUT2D eigenvalue weighted by molar-refractivity contribution is 0.0870. The quantitative estimate of drug-likeness (QED) is 0.679. The molecule has 146 valence electrons. The van der Waals surface area contributed by atoms with E-state index in [1.165, 1.54) is 41.0 Å². The first-order chi connectivity index (χ1) is 13.3. The monoisotopic (exact) mass is 421 g/mol. The van der Waals surface area contributed by atoms with Crippen molar-refractivity contribution < 1.29 is 13.6 Å². The van der Waals surface area contributed by atoms with E-state index >= 15 is 0 Å². The van der Waals surface area contributed by atoms with Crippen molar-refractivity contribution in [2.24, 2.45) is 5.73 Å². The van der Waals surface area contributed by atoms with Crippen LogP contribution in [0.1, 0.15) is 33.8 Å². The van der Waals surface area contributed by atoms with Crippen molar-refractivity contribution in [3.05, 3.63) is 46.3 Å². The summed E-state index contributed by atoms with van der Waals surface area (Å²) in [6, 6.07) is 4.56. The number of nitrogens with zero attached hydrogens (tertiary/aromatic N) is 4. The standard InChI is InChI=1S/C18H17F2N5OS2/c1-9-6-12(15(21)26)27-13(9)16-23-24-17(28-16)25(2)18(7-10(19)8-18)14-11(20)4-3-5-22-14/h3-6,10H,7-8H2,1-2H3,(H2,21,26). The SMILES string of the molecule is Cc1cc(C(N)=O)sc1-c1nnc(N(C)C2(c3ncccc3F)CC(F)C2)s1. The molecule has 6 nitrogen and oxygen atoms in total. The van der Waals surface area contributed by atoms with Gasteiger partial charge >= 0.3 is 0 Å². The van der Waals surface area contributed by atoms with E-state index in [1.807, 2.05) is 6.92 Å². The molecule has 3 aromatic heterocycles. The van der Waals surface area contributed by atoms with E-state index in [-0.39, 0.29) is 18.5 Å². The number of rotatable bonds is 5. The number of pyridine rings is 1. The Hall–Kier alpha value is -2.46. The van der Waals surface area contributed by atoms with Gasteiger partial charge in [0.15, 0.2) is 5.01 Å². The summed E-state index contributed by atoms with van der Waals surface area (Å²) in [4.78, 5) is 18.6. The van der Waals surface area contributed by atoms with Gasteiger partial charge in [0.25, 0.3) is 5.91 Å². The molecule has 0 radical (unpaired) electrons. The molecule has 0 spiro atoms. The minimum Gasteiger partial charge on any atom is -0.365 e. The molecule has 0 bridgehead atoms. The Balaban J connectivity index is 1.70. The van der Waals surface area contributed by atoms with Crippen LogP contribution in [0, 0.1) is 12.7 Å². The van der Waals surface area contributed by atoms with Gasteiger partial charge in [-0.3, -0.25) is 9.78 Å². The predicted molar refractivity (Wildman–Crippen MR) is 105 cm³/mol. The van der Waals surface area contributed by atoms with Gasteiger partial charge in [0.1, 0.15) is 17.7 Å². The van der Waals surface area contributed by atoms with E-state index in [4.69, 9.17) is 5.73 Å². The van der Waals surface area contributed by atoms with Gasteiger partial charge in [0.2, 0.25) is 5.13 Å². The second-order valence-corrected chi connectivity index (χ2v) is 8.81. The molecule has 4 rings (SSSR count). The number of thiophene rings is 1. The first-order valence-electron chi connectivity index (χ1n) is 8.55. The molecule has 1 amide bonds. The zero-order valence-electron chi connectivity index (χ0n) is 15.1. The second kappa shape index (κ2) is 6.85. The van der Waals surface area contributed by atoms with Crippen LogP contribution in [0.25, 0.3) is 9.88 Å². The van der Waals surface area contributed by atoms with Crippen LogP contribution in [-0.2, 0) is 5.54 Å². The maximum atomic E-state index is 14.4. The number of carbonyl (C=O) groups is 1. The fourth-order valence-corrected chi connectivity index (χ4v) is 5.52. The van der Waals surface area contributed by atoms with Crippen LogP contribution in [0.2, 0.25) is 0 Å². The van der Waals surface area contributed by atoms with E-state index in [9.17, 15) is 13.6 Å².